The minimum absolute atomic E-state index is 0.145. The Balaban J connectivity index is 1.50. The molecule has 0 spiro atoms. The van der Waals surface area contributed by atoms with Crippen LogP contribution in [-0.2, 0) is 4.74 Å². The molecule has 0 radical (unpaired) electrons. The molecule has 2 aromatic rings. The van der Waals surface area contributed by atoms with Crippen LogP contribution in [0.25, 0.3) is 10.9 Å². The Morgan fingerprint density at radius 1 is 1.28 bits per heavy atom. The molecule has 1 saturated heterocycles. The van der Waals surface area contributed by atoms with E-state index in [1.807, 2.05) is 34.9 Å². The van der Waals surface area contributed by atoms with E-state index in [0.717, 1.165) is 18.5 Å². The molecule has 32 heavy (non-hydrogen) atoms. The Kier molecular flexibility index (Phi) is 4.89. The van der Waals surface area contributed by atoms with E-state index in [1.165, 1.54) is 0 Å². The third-order valence-electron chi connectivity index (χ3n) is 6.22. The zero-order chi connectivity index (χ0) is 22.9. The fourth-order valence-electron chi connectivity index (χ4n) is 4.67. The van der Waals surface area contributed by atoms with E-state index in [2.05, 4.69) is 9.98 Å². The molecule has 0 N–H and O–H groups in total. The lowest BCUT2D eigenvalue weighted by molar-refractivity contribution is 0.0271. The zero-order valence-corrected chi connectivity index (χ0v) is 19.7. The smallest absolute Gasteiger partial charge is 0.410 e. The van der Waals surface area contributed by atoms with Crippen LogP contribution in [0.3, 0.4) is 0 Å². The van der Waals surface area contributed by atoms with Crippen molar-refractivity contribution in [2.75, 3.05) is 27.2 Å². The lowest BCUT2D eigenvalue weighted by Gasteiger charge is -2.25. The van der Waals surface area contributed by atoms with Gasteiger partial charge < -0.3 is 14.5 Å². The number of ether oxygens (including phenoxy) is 1. The number of rotatable bonds is 4. The maximum absolute atomic E-state index is 15.2. The second kappa shape index (κ2) is 7.30. The molecule has 3 heterocycles. The van der Waals surface area contributed by atoms with Gasteiger partial charge in [0.1, 0.15) is 11.1 Å². The topological polar surface area (TPSA) is 75.8 Å². The van der Waals surface area contributed by atoms with Crippen molar-refractivity contribution in [1.82, 2.24) is 24.6 Å². The van der Waals surface area contributed by atoms with Crippen LogP contribution in [0.1, 0.15) is 51.3 Å². The maximum Gasteiger partial charge on any atom is 0.410 e. The van der Waals surface area contributed by atoms with E-state index in [9.17, 15) is 4.79 Å². The Bertz CT molecular complexity index is 1110. The summed E-state index contributed by atoms with van der Waals surface area (Å²) in [5.41, 5.74) is 0.687. The van der Waals surface area contributed by atoms with Gasteiger partial charge in [0.05, 0.1) is 23.5 Å². The Hall–Kier alpha value is -2.42. The molecule has 2 saturated carbocycles. The summed E-state index contributed by atoms with van der Waals surface area (Å²) in [5.74, 6) is 0.538. The first-order valence-corrected chi connectivity index (χ1v) is 11.4. The highest BCUT2D eigenvalue weighted by Crippen LogP contribution is 2.60. The van der Waals surface area contributed by atoms with E-state index >= 15 is 4.39 Å². The molecular weight excluding hydrogens is 435 g/mol. The maximum atomic E-state index is 15.2. The number of pyridine rings is 1. The van der Waals surface area contributed by atoms with Gasteiger partial charge in [-0.2, -0.15) is 5.10 Å². The molecular formula is C22H28ClFN6O2. The molecule has 172 valence electrons. The molecule has 5 rings (SSSR count). The summed E-state index contributed by atoms with van der Waals surface area (Å²) in [7, 11) is 3.72. The van der Waals surface area contributed by atoms with Crippen LogP contribution in [0, 0.1) is 17.7 Å². The van der Waals surface area contributed by atoms with Gasteiger partial charge in [-0.25, -0.2) is 19.2 Å². The van der Waals surface area contributed by atoms with Crippen LogP contribution in [0.2, 0.25) is 5.15 Å². The molecule has 10 heteroatoms. The minimum atomic E-state index is -0.544. The highest BCUT2D eigenvalue weighted by molar-refractivity contribution is 6.30. The molecule has 0 aromatic carbocycles. The standard InChI is InChI=1S/C22H28ClFN6O2/c1-22(2,3)32-21(31)29-8-12-13(9-29)14(12)17-15-18(30(27-17)11-6-7-11)16(24)19(23)26-20(15)25-10-28(4)5/h10-14H,6-9H2,1-5H3/t12-,13+,14?. The summed E-state index contributed by atoms with van der Waals surface area (Å²) in [6, 6.07) is 0.182. The molecule has 1 unspecified atom stereocenters. The highest BCUT2D eigenvalue weighted by atomic mass is 35.5. The van der Waals surface area contributed by atoms with Crippen LogP contribution in [-0.4, -0.2) is 69.8 Å². The van der Waals surface area contributed by atoms with Crippen molar-refractivity contribution in [3.8, 4) is 0 Å². The van der Waals surface area contributed by atoms with Crippen LogP contribution < -0.4 is 0 Å². The second-order valence-corrected chi connectivity index (χ2v) is 10.6. The van der Waals surface area contributed by atoms with Gasteiger partial charge in [0.15, 0.2) is 16.8 Å². The van der Waals surface area contributed by atoms with Crippen molar-refractivity contribution in [2.45, 2.75) is 51.2 Å². The number of nitrogens with zero attached hydrogens (tertiary/aromatic N) is 6. The van der Waals surface area contributed by atoms with E-state index in [-0.39, 0.29) is 35.0 Å². The SMILES string of the molecule is CN(C)C=Nc1nc(Cl)c(F)c2c1c(C1[C@H]3CN(C(=O)OC(C)(C)C)C[C@@H]13)nn2C1CC1. The number of hydrogen-bond donors (Lipinski definition) is 0. The van der Waals surface area contributed by atoms with Crippen LogP contribution in [0.5, 0.6) is 0 Å². The Morgan fingerprint density at radius 2 is 1.94 bits per heavy atom. The summed E-state index contributed by atoms with van der Waals surface area (Å²) in [6.45, 7) is 6.82. The number of aromatic nitrogens is 3. The largest absolute Gasteiger partial charge is 0.444 e. The molecule has 3 fully saturated rings. The van der Waals surface area contributed by atoms with Crippen molar-refractivity contribution >= 4 is 40.8 Å². The third-order valence-corrected chi connectivity index (χ3v) is 6.47. The second-order valence-electron chi connectivity index (χ2n) is 10.3. The van der Waals surface area contributed by atoms with Gasteiger partial charge in [0, 0.05) is 33.1 Å². The van der Waals surface area contributed by atoms with Gasteiger partial charge in [-0.1, -0.05) is 11.6 Å². The van der Waals surface area contributed by atoms with Gasteiger partial charge >= 0.3 is 6.09 Å². The van der Waals surface area contributed by atoms with Crippen LogP contribution in [0.15, 0.2) is 4.99 Å². The number of fused-ring (bicyclic) bond motifs is 2. The first kappa shape index (κ1) is 21.4. The van der Waals surface area contributed by atoms with Gasteiger partial charge in [-0.3, -0.25) is 4.68 Å². The van der Waals surface area contributed by atoms with E-state index in [4.69, 9.17) is 21.4 Å². The molecule has 2 aliphatic carbocycles. The number of aliphatic imine (C=N–C) groups is 1. The summed E-state index contributed by atoms with van der Waals surface area (Å²) < 4.78 is 22.4. The average Bonchev–Trinajstić information content (AvgIpc) is 3.57. The Morgan fingerprint density at radius 3 is 2.50 bits per heavy atom. The lowest BCUT2D eigenvalue weighted by Crippen LogP contribution is -2.36. The number of halogens is 2. The molecule has 3 aliphatic rings. The number of carbonyl (C=O) groups is 1. The van der Waals surface area contributed by atoms with E-state index < -0.39 is 11.4 Å². The summed E-state index contributed by atoms with van der Waals surface area (Å²) in [5, 5.41) is 5.32. The summed E-state index contributed by atoms with van der Waals surface area (Å²) in [4.78, 5) is 24.7. The first-order valence-electron chi connectivity index (χ1n) is 11.0. The van der Waals surface area contributed by atoms with Crippen molar-refractivity contribution in [3.05, 3.63) is 16.7 Å². The quantitative estimate of drug-likeness (QED) is 0.383. The molecule has 3 atom stereocenters. The lowest BCUT2D eigenvalue weighted by atomic mass is 10.1. The third kappa shape index (κ3) is 3.70. The van der Waals surface area contributed by atoms with E-state index in [1.54, 1.807) is 20.8 Å². The fourth-order valence-corrected chi connectivity index (χ4v) is 4.84. The predicted molar refractivity (Wildman–Crippen MR) is 120 cm³/mol. The van der Waals surface area contributed by atoms with Crippen molar-refractivity contribution < 1.29 is 13.9 Å². The molecule has 1 aliphatic heterocycles. The Labute approximate surface area is 191 Å². The minimum Gasteiger partial charge on any atom is -0.444 e. The monoisotopic (exact) mass is 462 g/mol. The number of hydrogen-bond acceptors (Lipinski definition) is 5. The van der Waals surface area contributed by atoms with Crippen LogP contribution >= 0.6 is 11.6 Å². The number of amides is 1. The highest BCUT2D eigenvalue weighted by Gasteiger charge is 2.59. The van der Waals surface area contributed by atoms with Gasteiger partial charge in [-0.15, -0.1) is 0 Å². The zero-order valence-electron chi connectivity index (χ0n) is 19.0. The number of carbonyl (C=O) groups excluding carboxylic acids is 1. The molecule has 2 aromatic heterocycles. The van der Waals surface area contributed by atoms with Crippen LogP contribution in [0.4, 0.5) is 15.0 Å². The molecule has 1 amide bonds. The van der Waals surface area contributed by atoms with Crippen molar-refractivity contribution in [3.63, 3.8) is 0 Å². The normalized spacial score (nSPS) is 25.0. The number of likely N-dealkylation sites (tertiary alicyclic amines) is 1. The molecule has 8 nitrogen and oxygen atoms in total. The first-order chi connectivity index (χ1) is 15.0. The fraction of sp³-hybridized carbons (Fsp3) is 0.636. The average molecular weight is 463 g/mol. The van der Waals surface area contributed by atoms with Gasteiger partial charge in [0.25, 0.3) is 0 Å². The summed E-state index contributed by atoms with van der Waals surface area (Å²) in [6.07, 6.45) is 3.28. The summed E-state index contributed by atoms with van der Waals surface area (Å²) >= 11 is 6.14. The van der Waals surface area contributed by atoms with Gasteiger partial charge in [0.2, 0.25) is 0 Å². The van der Waals surface area contributed by atoms with E-state index in [0.29, 0.717) is 29.8 Å². The van der Waals surface area contributed by atoms with Gasteiger partial charge in [-0.05, 0) is 45.4 Å². The predicted octanol–water partition coefficient (Wildman–Crippen LogP) is 4.36. The number of piperidine rings is 1. The molecule has 0 bridgehead atoms. The van der Waals surface area contributed by atoms with Crippen molar-refractivity contribution in [2.24, 2.45) is 16.8 Å². The van der Waals surface area contributed by atoms with Crippen molar-refractivity contribution in [1.29, 1.82) is 0 Å².